The van der Waals surface area contributed by atoms with E-state index in [4.69, 9.17) is 5.11 Å². The summed E-state index contributed by atoms with van der Waals surface area (Å²) in [7, 11) is 0. The second kappa shape index (κ2) is 6.30. The van der Waals surface area contributed by atoms with Crippen LogP contribution >= 0.6 is 0 Å². The third-order valence-corrected chi connectivity index (χ3v) is 3.83. The molecule has 0 saturated carbocycles. The Hall–Kier alpha value is -0.930. The molecule has 0 aromatic heterocycles. The van der Waals surface area contributed by atoms with Crippen LogP contribution in [0, 0.1) is 12.7 Å². The number of nitrogens with zero attached hydrogens (tertiary/aromatic N) is 1. The molecule has 1 aliphatic heterocycles. The van der Waals surface area contributed by atoms with Crippen LogP contribution in [0.3, 0.4) is 0 Å². The van der Waals surface area contributed by atoms with E-state index >= 15 is 0 Å². The molecule has 1 aromatic rings. The zero-order valence-electron chi connectivity index (χ0n) is 11.0. The average molecular weight is 251 g/mol. The van der Waals surface area contributed by atoms with Crippen LogP contribution < -0.4 is 0 Å². The van der Waals surface area contributed by atoms with Gasteiger partial charge in [-0.25, -0.2) is 4.39 Å². The van der Waals surface area contributed by atoms with Gasteiger partial charge in [0.2, 0.25) is 0 Å². The Bertz CT molecular complexity index is 392. The van der Waals surface area contributed by atoms with Crippen LogP contribution in [0.1, 0.15) is 36.8 Å². The monoisotopic (exact) mass is 251 g/mol. The minimum Gasteiger partial charge on any atom is -0.396 e. The molecular formula is C15H22FNO. The Morgan fingerprint density at radius 3 is 2.94 bits per heavy atom. The van der Waals surface area contributed by atoms with Gasteiger partial charge < -0.3 is 5.11 Å². The molecular weight excluding hydrogens is 229 g/mol. The fourth-order valence-electron chi connectivity index (χ4n) is 2.71. The fraction of sp³-hybridized carbons (Fsp3) is 0.600. The third-order valence-electron chi connectivity index (χ3n) is 3.83. The predicted octanol–water partition coefficient (Wildman–Crippen LogP) is 2.87. The Morgan fingerprint density at radius 1 is 1.39 bits per heavy atom. The van der Waals surface area contributed by atoms with Gasteiger partial charge in [-0.15, -0.1) is 0 Å². The van der Waals surface area contributed by atoms with Gasteiger partial charge in [0.25, 0.3) is 0 Å². The number of rotatable bonds is 4. The molecule has 0 aliphatic carbocycles. The lowest BCUT2D eigenvalue weighted by Gasteiger charge is -2.35. The molecule has 0 radical (unpaired) electrons. The van der Waals surface area contributed by atoms with Crippen molar-refractivity contribution in [1.82, 2.24) is 4.90 Å². The minimum absolute atomic E-state index is 0.122. The molecule has 1 unspecified atom stereocenters. The number of halogens is 1. The number of aryl methyl sites for hydroxylation is 1. The maximum atomic E-state index is 13.5. The van der Waals surface area contributed by atoms with E-state index in [2.05, 4.69) is 4.90 Å². The first-order valence-electron chi connectivity index (χ1n) is 6.80. The van der Waals surface area contributed by atoms with E-state index < -0.39 is 0 Å². The normalized spacial score (nSPS) is 21.2. The van der Waals surface area contributed by atoms with E-state index in [9.17, 15) is 4.39 Å². The Morgan fingerprint density at radius 2 is 2.22 bits per heavy atom. The average Bonchev–Trinajstić information content (AvgIpc) is 2.37. The Kier molecular flexibility index (Phi) is 4.72. The molecule has 1 heterocycles. The number of likely N-dealkylation sites (tertiary alicyclic amines) is 1. The molecule has 2 nitrogen and oxygen atoms in total. The van der Waals surface area contributed by atoms with Crippen molar-refractivity contribution in [2.75, 3.05) is 13.2 Å². The van der Waals surface area contributed by atoms with Gasteiger partial charge in [0.15, 0.2) is 0 Å². The highest BCUT2D eigenvalue weighted by Gasteiger charge is 2.21. The molecule has 0 amide bonds. The second-order valence-electron chi connectivity index (χ2n) is 5.22. The fourth-order valence-corrected chi connectivity index (χ4v) is 2.71. The SMILES string of the molecule is Cc1ccc(CN2CCCCC2CCO)cc1F. The summed E-state index contributed by atoms with van der Waals surface area (Å²) < 4.78 is 13.5. The Labute approximate surface area is 108 Å². The largest absolute Gasteiger partial charge is 0.396 e. The summed E-state index contributed by atoms with van der Waals surface area (Å²) in [5.41, 5.74) is 1.73. The van der Waals surface area contributed by atoms with Gasteiger partial charge in [0, 0.05) is 19.2 Å². The van der Waals surface area contributed by atoms with Crippen LogP contribution in [0.4, 0.5) is 4.39 Å². The molecule has 2 rings (SSSR count). The van der Waals surface area contributed by atoms with Gasteiger partial charge in [-0.1, -0.05) is 18.6 Å². The molecule has 0 bridgehead atoms. The van der Waals surface area contributed by atoms with Gasteiger partial charge in [0.05, 0.1) is 0 Å². The van der Waals surface area contributed by atoms with Gasteiger partial charge >= 0.3 is 0 Å². The molecule has 0 spiro atoms. The van der Waals surface area contributed by atoms with Crippen molar-refractivity contribution in [3.63, 3.8) is 0 Å². The van der Waals surface area contributed by atoms with Gasteiger partial charge in [-0.3, -0.25) is 4.90 Å². The summed E-state index contributed by atoms with van der Waals surface area (Å²) in [4.78, 5) is 2.38. The van der Waals surface area contributed by atoms with Crippen molar-refractivity contribution in [2.45, 2.75) is 45.2 Å². The number of hydrogen-bond acceptors (Lipinski definition) is 2. The standard InChI is InChI=1S/C15H22FNO/c1-12-5-6-13(10-15(12)16)11-17-8-3-2-4-14(17)7-9-18/h5-6,10,14,18H,2-4,7-9,11H2,1H3. The lowest BCUT2D eigenvalue weighted by molar-refractivity contribution is 0.112. The molecule has 1 N–H and O–H groups in total. The highest BCUT2D eigenvalue weighted by atomic mass is 19.1. The summed E-state index contributed by atoms with van der Waals surface area (Å²) in [6.07, 6.45) is 4.42. The topological polar surface area (TPSA) is 23.5 Å². The molecule has 1 aromatic carbocycles. The van der Waals surface area contributed by atoms with Crippen LogP contribution in [0.15, 0.2) is 18.2 Å². The van der Waals surface area contributed by atoms with Crippen LogP contribution in [0.2, 0.25) is 0 Å². The summed E-state index contributed by atoms with van der Waals surface area (Å²) >= 11 is 0. The smallest absolute Gasteiger partial charge is 0.126 e. The van der Waals surface area contributed by atoms with E-state index in [0.717, 1.165) is 31.5 Å². The summed E-state index contributed by atoms with van der Waals surface area (Å²) in [6, 6.07) is 5.94. The number of piperidine rings is 1. The van der Waals surface area contributed by atoms with Crippen LogP contribution in [-0.4, -0.2) is 29.2 Å². The molecule has 100 valence electrons. The van der Waals surface area contributed by atoms with E-state index in [1.54, 1.807) is 13.0 Å². The van der Waals surface area contributed by atoms with Crippen molar-refractivity contribution in [2.24, 2.45) is 0 Å². The number of aliphatic hydroxyl groups excluding tert-OH is 1. The van der Waals surface area contributed by atoms with E-state index in [1.807, 2.05) is 12.1 Å². The van der Waals surface area contributed by atoms with Gasteiger partial charge in [-0.05, 0) is 49.9 Å². The minimum atomic E-state index is -0.122. The number of benzene rings is 1. The molecule has 3 heteroatoms. The predicted molar refractivity (Wildman–Crippen MR) is 70.9 cm³/mol. The van der Waals surface area contributed by atoms with E-state index in [0.29, 0.717) is 11.6 Å². The lowest BCUT2D eigenvalue weighted by atomic mass is 9.98. The molecule has 1 fully saturated rings. The summed E-state index contributed by atoms with van der Waals surface area (Å²) in [6.45, 7) is 3.88. The van der Waals surface area contributed by atoms with Crippen molar-refractivity contribution >= 4 is 0 Å². The number of aliphatic hydroxyl groups is 1. The maximum absolute atomic E-state index is 13.5. The maximum Gasteiger partial charge on any atom is 0.126 e. The van der Waals surface area contributed by atoms with Crippen LogP contribution in [0.5, 0.6) is 0 Å². The first-order valence-corrected chi connectivity index (χ1v) is 6.80. The zero-order valence-corrected chi connectivity index (χ0v) is 11.0. The van der Waals surface area contributed by atoms with Crippen molar-refractivity contribution in [3.05, 3.63) is 35.1 Å². The van der Waals surface area contributed by atoms with Crippen molar-refractivity contribution in [1.29, 1.82) is 0 Å². The van der Waals surface area contributed by atoms with Crippen LogP contribution in [0.25, 0.3) is 0 Å². The highest BCUT2D eigenvalue weighted by molar-refractivity contribution is 5.23. The first kappa shape index (κ1) is 13.5. The zero-order chi connectivity index (χ0) is 13.0. The quantitative estimate of drug-likeness (QED) is 0.889. The lowest BCUT2D eigenvalue weighted by Crippen LogP contribution is -2.39. The van der Waals surface area contributed by atoms with Gasteiger partial charge in [0.1, 0.15) is 5.82 Å². The summed E-state index contributed by atoms with van der Waals surface area (Å²) in [5.74, 6) is -0.122. The second-order valence-corrected chi connectivity index (χ2v) is 5.22. The van der Waals surface area contributed by atoms with Crippen LogP contribution in [-0.2, 0) is 6.54 Å². The first-order chi connectivity index (χ1) is 8.70. The summed E-state index contributed by atoms with van der Waals surface area (Å²) in [5, 5.41) is 9.10. The van der Waals surface area contributed by atoms with Crippen molar-refractivity contribution < 1.29 is 9.50 Å². The van der Waals surface area contributed by atoms with Gasteiger partial charge in [-0.2, -0.15) is 0 Å². The van der Waals surface area contributed by atoms with E-state index in [-0.39, 0.29) is 12.4 Å². The molecule has 18 heavy (non-hydrogen) atoms. The molecule has 1 atom stereocenters. The Balaban J connectivity index is 2.03. The number of hydrogen-bond donors (Lipinski definition) is 1. The molecule has 1 aliphatic rings. The van der Waals surface area contributed by atoms with Crippen molar-refractivity contribution in [3.8, 4) is 0 Å². The van der Waals surface area contributed by atoms with E-state index in [1.165, 1.54) is 12.8 Å². The molecule has 1 saturated heterocycles. The third kappa shape index (κ3) is 3.30. The highest BCUT2D eigenvalue weighted by Crippen LogP contribution is 2.22.